The molecule has 4 nitrogen and oxygen atoms in total. The minimum absolute atomic E-state index is 0.207. The van der Waals surface area contributed by atoms with Crippen molar-refractivity contribution in [1.82, 2.24) is 20.0 Å². The first kappa shape index (κ1) is 13.6. The lowest BCUT2D eigenvalue weighted by molar-refractivity contribution is 0.0814. The van der Waals surface area contributed by atoms with Crippen LogP contribution in [0.4, 0.5) is 0 Å². The van der Waals surface area contributed by atoms with Crippen LogP contribution in [0, 0.1) is 0 Å². The molecule has 0 spiro atoms. The lowest BCUT2D eigenvalue weighted by atomic mass is 9.96. The lowest BCUT2D eigenvalue weighted by Crippen LogP contribution is -2.61. The second-order valence-corrected chi connectivity index (χ2v) is 6.09. The van der Waals surface area contributed by atoms with Gasteiger partial charge in [0.25, 0.3) is 0 Å². The maximum atomic E-state index is 4.50. The minimum Gasteiger partial charge on any atom is -0.309 e. The standard InChI is InChI=1S/C14H26N4/c1-5-6-13-9-15-14(2,3)11-18(13)10-12-7-8-17(4)16-12/h7-8,13,15H,5-6,9-11H2,1-4H3. The molecular formula is C14H26N4. The second kappa shape index (κ2) is 5.41. The summed E-state index contributed by atoms with van der Waals surface area (Å²) in [6.45, 7) is 9.97. The van der Waals surface area contributed by atoms with E-state index in [1.54, 1.807) is 0 Å². The van der Waals surface area contributed by atoms with Gasteiger partial charge in [0, 0.05) is 44.5 Å². The van der Waals surface area contributed by atoms with Crippen molar-refractivity contribution in [2.75, 3.05) is 13.1 Å². The summed E-state index contributed by atoms with van der Waals surface area (Å²) in [6.07, 6.45) is 4.53. The molecule has 0 radical (unpaired) electrons. The molecule has 0 bridgehead atoms. The summed E-state index contributed by atoms with van der Waals surface area (Å²) in [6, 6.07) is 2.77. The summed E-state index contributed by atoms with van der Waals surface area (Å²) >= 11 is 0. The van der Waals surface area contributed by atoms with Crippen molar-refractivity contribution in [3.05, 3.63) is 18.0 Å². The summed E-state index contributed by atoms with van der Waals surface area (Å²) in [5.74, 6) is 0. The van der Waals surface area contributed by atoms with Crippen molar-refractivity contribution in [3.63, 3.8) is 0 Å². The molecule has 1 saturated heterocycles. The number of hydrogen-bond acceptors (Lipinski definition) is 3. The Kier molecular flexibility index (Phi) is 4.07. The first-order chi connectivity index (χ1) is 8.50. The van der Waals surface area contributed by atoms with Gasteiger partial charge in [0.05, 0.1) is 5.69 Å². The van der Waals surface area contributed by atoms with Crippen molar-refractivity contribution in [1.29, 1.82) is 0 Å². The van der Waals surface area contributed by atoms with Crippen LogP contribution in [0.5, 0.6) is 0 Å². The van der Waals surface area contributed by atoms with Gasteiger partial charge in [-0.3, -0.25) is 9.58 Å². The van der Waals surface area contributed by atoms with Crippen molar-refractivity contribution < 1.29 is 0 Å². The fraction of sp³-hybridized carbons (Fsp3) is 0.786. The summed E-state index contributed by atoms with van der Waals surface area (Å²) in [4.78, 5) is 2.59. The smallest absolute Gasteiger partial charge is 0.0764 e. The Morgan fingerprint density at radius 2 is 2.28 bits per heavy atom. The van der Waals surface area contributed by atoms with Gasteiger partial charge < -0.3 is 5.32 Å². The third-order valence-corrected chi connectivity index (χ3v) is 3.69. The van der Waals surface area contributed by atoms with Gasteiger partial charge in [-0.1, -0.05) is 13.3 Å². The van der Waals surface area contributed by atoms with E-state index in [9.17, 15) is 0 Å². The predicted octanol–water partition coefficient (Wildman–Crippen LogP) is 1.77. The molecule has 0 saturated carbocycles. The highest BCUT2D eigenvalue weighted by Crippen LogP contribution is 2.20. The van der Waals surface area contributed by atoms with Gasteiger partial charge in [-0.2, -0.15) is 5.10 Å². The van der Waals surface area contributed by atoms with Gasteiger partial charge in [-0.05, 0) is 26.3 Å². The molecule has 0 amide bonds. The highest BCUT2D eigenvalue weighted by Gasteiger charge is 2.32. The summed E-state index contributed by atoms with van der Waals surface area (Å²) in [5.41, 5.74) is 1.38. The van der Waals surface area contributed by atoms with E-state index >= 15 is 0 Å². The molecule has 1 N–H and O–H groups in total. The van der Waals surface area contributed by atoms with Crippen LogP contribution < -0.4 is 5.32 Å². The zero-order valence-electron chi connectivity index (χ0n) is 12.1. The molecular weight excluding hydrogens is 224 g/mol. The number of aryl methyl sites for hydroxylation is 1. The van der Waals surface area contributed by atoms with Crippen molar-refractivity contribution >= 4 is 0 Å². The fourth-order valence-corrected chi connectivity index (χ4v) is 2.77. The van der Waals surface area contributed by atoms with E-state index in [2.05, 4.69) is 42.2 Å². The van der Waals surface area contributed by atoms with Crippen LogP contribution in [-0.2, 0) is 13.6 Å². The predicted molar refractivity (Wildman–Crippen MR) is 74.4 cm³/mol. The molecule has 1 unspecified atom stereocenters. The second-order valence-electron chi connectivity index (χ2n) is 6.09. The minimum atomic E-state index is 0.207. The van der Waals surface area contributed by atoms with Crippen LogP contribution in [0.3, 0.4) is 0 Å². The van der Waals surface area contributed by atoms with Crippen LogP contribution in [0.15, 0.2) is 12.3 Å². The van der Waals surface area contributed by atoms with E-state index in [1.165, 1.54) is 18.5 Å². The Balaban J connectivity index is 2.05. The average Bonchev–Trinajstić information content (AvgIpc) is 2.68. The zero-order valence-corrected chi connectivity index (χ0v) is 12.1. The molecule has 1 aromatic rings. The van der Waals surface area contributed by atoms with Crippen LogP contribution in [0.1, 0.15) is 39.3 Å². The van der Waals surface area contributed by atoms with E-state index in [0.29, 0.717) is 6.04 Å². The quantitative estimate of drug-likeness (QED) is 0.884. The number of hydrogen-bond donors (Lipinski definition) is 1. The molecule has 1 aliphatic rings. The highest BCUT2D eigenvalue weighted by atomic mass is 15.3. The number of rotatable bonds is 4. The van der Waals surface area contributed by atoms with Crippen LogP contribution in [0.25, 0.3) is 0 Å². The Bertz CT molecular complexity index is 383. The van der Waals surface area contributed by atoms with Gasteiger partial charge in [0.2, 0.25) is 0 Å². The number of nitrogens with zero attached hydrogens (tertiary/aromatic N) is 3. The molecule has 102 valence electrons. The van der Waals surface area contributed by atoms with Gasteiger partial charge in [0.15, 0.2) is 0 Å². The summed E-state index contributed by atoms with van der Waals surface area (Å²) in [5, 5.41) is 8.15. The van der Waals surface area contributed by atoms with Crippen molar-refractivity contribution in [2.24, 2.45) is 7.05 Å². The molecule has 1 aliphatic heterocycles. The number of nitrogens with one attached hydrogen (secondary N) is 1. The Labute approximate surface area is 110 Å². The molecule has 1 aromatic heterocycles. The van der Waals surface area contributed by atoms with E-state index in [1.807, 2.05) is 17.9 Å². The number of aromatic nitrogens is 2. The fourth-order valence-electron chi connectivity index (χ4n) is 2.77. The highest BCUT2D eigenvalue weighted by molar-refractivity contribution is 5.01. The zero-order chi connectivity index (χ0) is 13.2. The third-order valence-electron chi connectivity index (χ3n) is 3.69. The van der Waals surface area contributed by atoms with Crippen LogP contribution >= 0.6 is 0 Å². The normalized spacial score (nSPS) is 24.3. The van der Waals surface area contributed by atoms with E-state index in [4.69, 9.17) is 0 Å². The molecule has 2 rings (SSSR count). The molecule has 18 heavy (non-hydrogen) atoms. The van der Waals surface area contributed by atoms with Gasteiger partial charge in [-0.25, -0.2) is 0 Å². The largest absolute Gasteiger partial charge is 0.309 e. The number of piperazine rings is 1. The first-order valence-electron chi connectivity index (χ1n) is 6.98. The molecule has 0 aromatic carbocycles. The van der Waals surface area contributed by atoms with Gasteiger partial charge >= 0.3 is 0 Å². The molecule has 4 heteroatoms. The van der Waals surface area contributed by atoms with Crippen LogP contribution in [0.2, 0.25) is 0 Å². The molecule has 0 aliphatic carbocycles. The SMILES string of the molecule is CCCC1CNC(C)(C)CN1Cc1ccn(C)n1. The monoisotopic (exact) mass is 250 g/mol. The first-order valence-corrected chi connectivity index (χ1v) is 6.98. The Morgan fingerprint density at radius 3 is 2.89 bits per heavy atom. The van der Waals surface area contributed by atoms with E-state index < -0.39 is 0 Å². The maximum absolute atomic E-state index is 4.50. The Hall–Kier alpha value is -0.870. The van der Waals surface area contributed by atoms with Crippen molar-refractivity contribution in [2.45, 2.75) is 51.7 Å². The maximum Gasteiger partial charge on any atom is 0.0764 e. The van der Waals surface area contributed by atoms with Gasteiger partial charge in [-0.15, -0.1) is 0 Å². The Morgan fingerprint density at radius 1 is 1.50 bits per heavy atom. The molecule has 1 atom stereocenters. The van der Waals surface area contributed by atoms with E-state index in [0.717, 1.165) is 19.6 Å². The van der Waals surface area contributed by atoms with Crippen molar-refractivity contribution in [3.8, 4) is 0 Å². The summed E-state index contributed by atoms with van der Waals surface area (Å²) in [7, 11) is 1.98. The summed E-state index contributed by atoms with van der Waals surface area (Å²) < 4.78 is 1.89. The van der Waals surface area contributed by atoms with E-state index in [-0.39, 0.29) is 5.54 Å². The third kappa shape index (κ3) is 3.33. The van der Waals surface area contributed by atoms with Crippen LogP contribution in [-0.4, -0.2) is 39.4 Å². The topological polar surface area (TPSA) is 33.1 Å². The lowest BCUT2D eigenvalue weighted by Gasteiger charge is -2.44. The molecule has 1 fully saturated rings. The van der Waals surface area contributed by atoms with Gasteiger partial charge in [0.1, 0.15) is 0 Å². The molecule has 2 heterocycles. The average molecular weight is 250 g/mol.